The van der Waals surface area contributed by atoms with Gasteiger partial charge in [0.05, 0.1) is 28.5 Å². The molecule has 0 saturated carbocycles. The summed E-state index contributed by atoms with van der Waals surface area (Å²) in [4.78, 5) is 39.7. The lowest BCUT2D eigenvalue weighted by atomic mass is 10.1. The van der Waals surface area contributed by atoms with E-state index in [4.69, 9.17) is 11.6 Å². The fourth-order valence-corrected chi connectivity index (χ4v) is 4.13. The van der Waals surface area contributed by atoms with Gasteiger partial charge in [0, 0.05) is 11.1 Å². The van der Waals surface area contributed by atoms with Crippen molar-refractivity contribution in [2.24, 2.45) is 0 Å². The molecule has 36 heavy (non-hydrogen) atoms. The molecule has 2 N–H and O–H groups in total. The number of rotatable bonds is 5. The number of nitrogens with zero attached hydrogens (tertiary/aromatic N) is 2. The second-order valence-electron chi connectivity index (χ2n) is 7.94. The number of carbonyl (C=O) groups is 2. The smallest absolute Gasteiger partial charge is 0.303 e. The van der Waals surface area contributed by atoms with Gasteiger partial charge in [-0.3, -0.25) is 19.6 Å². The van der Waals surface area contributed by atoms with Gasteiger partial charge in [-0.25, -0.2) is 18.3 Å². The normalized spacial score (nSPS) is 14.5. The molecular weight excluding hydrogens is 490 g/mol. The second kappa shape index (κ2) is 9.27. The van der Waals surface area contributed by atoms with Crippen LogP contribution in [0.5, 0.6) is 0 Å². The molecule has 4 aromatic rings. The highest BCUT2D eigenvalue weighted by Gasteiger charge is 2.35. The van der Waals surface area contributed by atoms with Crippen LogP contribution in [0.2, 0.25) is 5.02 Å². The molecule has 1 aliphatic heterocycles. The van der Waals surface area contributed by atoms with E-state index in [-0.39, 0.29) is 11.3 Å². The van der Waals surface area contributed by atoms with Crippen molar-refractivity contribution >= 4 is 29.6 Å². The summed E-state index contributed by atoms with van der Waals surface area (Å²) >= 11 is 6.30. The Bertz CT molecular complexity index is 1570. The number of aromatic nitrogens is 2. The van der Waals surface area contributed by atoms with Crippen LogP contribution in [0, 0.1) is 11.6 Å². The van der Waals surface area contributed by atoms with E-state index < -0.39 is 41.2 Å². The highest BCUT2D eigenvalue weighted by atomic mass is 35.5. The Balaban J connectivity index is 1.59. The molecule has 0 radical (unpaired) electrons. The predicted octanol–water partition coefficient (Wildman–Crippen LogP) is 4.86. The lowest BCUT2D eigenvalue weighted by Gasteiger charge is -2.13. The number of hydrogen-bond donors (Lipinski definition) is 2. The minimum atomic E-state index is -0.882. The minimum Gasteiger partial charge on any atom is -0.303 e. The summed E-state index contributed by atoms with van der Waals surface area (Å²) in [5.41, 5.74) is 0.359. The van der Waals surface area contributed by atoms with Gasteiger partial charge < -0.3 is 5.32 Å². The highest BCUT2D eigenvalue weighted by Crippen LogP contribution is 2.26. The van der Waals surface area contributed by atoms with E-state index in [1.165, 1.54) is 16.8 Å². The van der Waals surface area contributed by atoms with E-state index in [9.17, 15) is 23.2 Å². The largest absolute Gasteiger partial charge is 0.329 e. The Hall–Kier alpha value is -4.50. The van der Waals surface area contributed by atoms with Crippen LogP contribution >= 0.6 is 11.6 Å². The lowest BCUT2D eigenvalue weighted by Crippen LogP contribution is -2.31. The molecule has 2 heterocycles. The maximum Gasteiger partial charge on any atom is 0.329 e. The van der Waals surface area contributed by atoms with Crippen molar-refractivity contribution in [2.75, 3.05) is 0 Å². The SMILES string of the molecule is O=C1N/C(=C\c2c(-c3ccccc3)[nH]n(-c3ccccc3Cl)c2=O)C(=O)N1Cc1c(F)cccc1F. The van der Waals surface area contributed by atoms with Crippen molar-refractivity contribution in [1.82, 2.24) is 20.0 Å². The van der Waals surface area contributed by atoms with E-state index >= 15 is 0 Å². The fraction of sp³-hybridized carbons (Fsp3) is 0.0385. The van der Waals surface area contributed by atoms with Crippen LogP contribution in [0.15, 0.2) is 83.3 Å². The van der Waals surface area contributed by atoms with Crippen LogP contribution in [0.3, 0.4) is 0 Å². The number of amides is 3. The van der Waals surface area contributed by atoms with Gasteiger partial charge in [-0.15, -0.1) is 0 Å². The topological polar surface area (TPSA) is 87.2 Å². The summed E-state index contributed by atoms with van der Waals surface area (Å²) in [6, 6.07) is 18.0. The molecule has 1 aromatic heterocycles. The van der Waals surface area contributed by atoms with Gasteiger partial charge in [0.2, 0.25) is 0 Å². The predicted molar refractivity (Wildman–Crippen MR) is 130 cm³/mol. The number of nitrogens with one attached hydrogen (secondary N) is 2. The Morgan fingerprint density at radius 2 is 1.53 bits per heavy atom. The van der Waals surface area contributed by atoms with Gasteiger partial charge in [-0.05, 0) is 30.3 Å². The van der Waals surface area contributed by atoms with E-state index in [2.05, 4.69) is 10.4 Å². The third kappa shape index (κ3) is 4.09. The van der Waals surface area contributed by atoms with Gasteiger partial charge in [-0.1, -0.05) is 60.1 Å². The number of benzene rings is 3. The van der Waals surface area contributed by atoms with Crippen LogP contribution in [-0.4, -0.2) is 26.6 Å². The summed E-state index contributed by atoms with van der Waals surface area (Å²) in [6.45, 7) is -0.608. The highest BCUT2D eigenvalue weighted by molar-refractivity contribution is 6.32. The molecular formula is C26H17ClF2N4O3. The van der Waals surface area contributed by atoms with Gasteiger partial charge >= 0.3 is 6.03 Å². The van der Waals surface area contributed by atoms with Crippen molar-refractivity contribution in [2.45, 2.75) is 6.54 Å². The molecule has 7 nitrogen and oxygen atoms in total. The molecule has 3 aromatic carbocycles. The molecule has 1 fully saturated rings. The number of urea groups is 1. The lowest BCUT2D eigenvalue weighted by molar-refractivity contribution is -0.123. The summed E-state index contributed by atoms with van der Waals surface area (Å²) in [5.74, 6) is -2.59. The monoisotopic (exact) mass is 506 g/mol. The number of H-pyrrole nitrogens is 1. The molecule has 1 saturated heterocycles. The maximum atomic E-state index is 14.1. The number of carbonyl (C=O) groups excluding carboxylic acids is 2. The van der Waals surface area contributed by atoms with E-state index in [1.54, 1.807) is 48.5 Å². The Morgan fingerprint density at radius 3 is 2.22 bits per heavy atom. The first kappa shape index (κ1) is 23.3. The molecule has 5 rings (SSSR count). The summed E-state index contributed by atoms with van der Waals surface area (Å²) in [7, 11) is 0. The zero-order chi connectivity index (χ0) is 25.4. The van der Waals surface area contributed by atoms with E-state index in [1.807, 2.05) is 6.07 Å². The molecule has 180 valence electrons. The van der Waals surface area contributed by atoms with Crippen molar-refractivity contribution in [3.63, 3.8) is 0 Å². The Kier molecular flexibility index (Phi) is 5.99. The van der Waals surface area contributed by atoms with Crippen LogP contribution in [0.4, 0.5) is 13.6 Å². The third-order valence-electron chi connectivity index (χ3n) is 5.71. The number of halogens is 3. The first-order valence-electron chi connectivity index (χ1n) is 10.8. The number of hydrogen-bond acceptors (Lipinski definition) is 3. The van der Waals surface area contributed by atoms with Crippen LogP contribution in [0.1, 0.15) is 11.1 Å². The van der Waals surface area contributed by atoms with E-state index in [0.29, 0.717) is 26.9 Å². The number of para-hydroxylation sites is 1. The molecule has 3 amide bonds. The average molecular weight is 507 g/mol. The Morgan fingerprint density at radius 1 is 0.861 bits per heavy atom. The molecule has 0 bridgehead atoms. The number of imide groups is 1. The maximum absolute atomic E-state index is 14.1. The van der Waals surface area contributed by atoms with Crippen molar-refractivity contribution < 1.29 is 18.4 Å². The standard InChI is InChI=1S/C26H17ClF2N4O3/c27-18-9-4-5-12-22(18)33-24(34)16(23(31-33)15-7-2-1-3-8-15)13-21-25(35)32(26(36)30-21)14-17-19(28)10-6-11-20(17)29/h1-13,31H,14H2,(H,30,36)/b21-13-. The first-order chi connectivity index (χ1) is 17.3. The van der Waals surface area contributed by atoms with Crippen LogP contribution in [-0.2, 0) is 11.3 Å². The fourth-order valence-electron chi connectivity index (χ4n) is 3.91. The van der Waals surface area contributed by atoms with Gasteiger partial charge in [-0.2, -0.15) is 0 Å². The van der Waals surface area contributed by atoms with Crippen molar-refractivity contribution in [1.29, 1.82) is 0 Å². The van der Waals surface area contributed by atoms with E-state index in [0.717, 1.165) is 12.1 Å². The van der Waals surface area contributed by atoms with Crippen LogP contribution < -0.4 is 10.9 Å². The summed E-state index contributed by atoms with van der Waals surface area (Å²) in [5, 5.41) is 5.74. The molecule has 1 aliphatic rings. The first-order valence-corrected chi connectivity index (χ1v) is 11.2. The van der Waals surface area contributed by atoms with Gasteiger partial charge in [0.1, 0.15) is 17.3 Å². The zero-order valence-corrected chi connectivity index (χ0v) is 19.2. The second-order valence-corrected chi connectivity index (χ2v) is 8.35. The quantitative estimate of drug-likeness (QED) is 0.299. The van der Waals surface area contributed by atoms with Gasteiger partial charge in [0.15, 0.2) is 0 Å². The molecule has 10 heteroatoms. The minimum absolute atomic E-state index is 0.0868. The summed E-state index contributed by atoms with van der Waals surface area (Å²) < 4.78 is 29.5. The van der Waals surface area contributed by atoms with Crippen molar-refractivity contribution in [3.8, 4) is 16.9 Å². The van der Waals surface area contributed by atoms with Gasteiger partial charge in [0.25, 0.3) is 11.5 Å². The summed E-state index contributed by atoms with van der Waals surface area (Å²) in [6.07, 6.45) is 1.24. The molecule has 0 aliphatic carbocycles. The zero-order valence-electron chi connectivity index (χ0n) is 18.5. The number of aromatic amines is 1. The average Bonchev–Trinajstić information content (AvgIpc) is 3.33. The third-order valence-corrected chi connectivity index (χ3v) is 6.03. The van der Waals surface area contributed by atoms with Crippen molar-refractivity contribution in [3.05, 3.63) is 117 Å². The molecule has 0 spiro atoms. The molecule has 0 unspecified atom stereocenters. The Labute approximate surface area is 208 Å². The van der Waals surface area contributed by atoms with Crippen LogP contribution in [0.25, 0.3) is 23.0 Å². The molecule has 0 atom stereocenters.